The van der Waals surface area contributed by atoms with Crippen LogP contribution in [-0.4, -0.2) is 20.7 Å². The van der Waals surface area contributed by atoms with Gasteiger partial charge in [0.1, 0.15) is 11.4 Å². The second-order valence-corrected chi connectivity index (χ2v) is 7.89. The SMILES string of the molecule is CC(=O)CCCCc1ccc(CCCc2cc3c(=O)[nH]c(N)nc3[nH]2)s1. The van der Waals surface area contributed by atoms with Crippen LogP contribution in [-0.2, 0) is 24.1 Å². The van der Waals surface area contributed by atoms with E-state index in [9.17, 15) is 9.59 Å². The van der Waals surface area contributed by atoms with Gasteiger partial charge in [0.05, 0.1) is 5.39 Å². The second-order valence-electron chi connectivity index (χ2n) is 6.64. The Labute approximate surface area is 155 Å². The number of hydrogen-bond donors (Lipinski definition) is 3. The number of nitrogens with zero attached hydrogens (tertiary/aromatic N) is 1. The lowest BCUT2D eigenvalue weighted by atomic mass is 10.1. The zero-order chi connectivity index (χ0) is 18.5. The number of aryl methyl sites for hydroxylation is 3. The maximum atomic E-state index is 11.8. The smallest absolute Gasteiger partial charge is 0.261 e. The zero-order valence-corrected chi connectivity index (χ0v) is 15.7. The van der Waals surface area contributed by atoms with Gasteiger partial charge in [0.2, 0.25) is 5.95 Å². The van der Waals surface area contributed by atoms with E-state index in [0.717, 1.165) is 44.2 Å². The summed E-state index contributed by atoms with van der Waals surface area (Å²) in [7, 11) is 0. The lowest BCUT2D eigenvalue weighted by molar-refractivity contribution is -0.117. The Balaban J connectivity index is 1.48. The summed E-state index contributed by atoms with van der Waals surface area (Å²) in [6.07, 6.45) is 6.66. The molecule has 0 amide bonds. The summed E-state index contributed by atoms with van der Waals surface area (Å²) in [6, 6.07) is 6.25. The van der Waals surface area contributed by atoms with Crippen LogP contribution < -0.4 is 11.3 Å². The summed E-state index contributed by atoms with van der Waals surface area (Å²) < 4.78 is 0. The number of nitrogen functional groups attached to an aromatic ring is 1. The topological polar surface area (TPSA) is 105 Å². The number of nitrogens with two attached hydrogens (primary N) is 1. The third kappa shape index (κ3) is 4.82. The predicted octanol–water partition coefficient (Wildman–Crippen LogP) is 3.37. The van der Waals surface area contributed by atoms with E-state index in [-0.39, 0.29) is 17.3 Å². The third-order valence-corrected chi connectivity index (χ3v) is 5.56. The number of thiophene rings is 1. The molecule has 0 aliphatic carbocycles. The molecule has 0 saturated heterocycles. The standard InChI is InChI=1S/C19H24N4O2S/c1-12(24)5-2-3-7-14-9-10-15(26-14)8-4-6-13-11-16-17(21-13)22-19(20)23-18(16)25/h9-11H,2-8H2,1H3,(H4,20,21,22,23,25). The van der Waals surface area contributed by atoms with Crippen LogP contribution in [0.2, 0.25) is 0 Å². The average Bonchev–Trinajstić information content (AvgIpc) is 3.18. The number of Topliss-reactive ketones (excluding diaryl/α,β-unsaturated/α-hetero) is 1. The molecule has 3 aromatic heterocycles. The van der Waals surface area contributed by atoms with E-state index in [4.69, 9.17) is 5.73 Å². The van der Waals surface area contributed by atoms with E-state index in [0.29, 0.717) is 17.5 Å². The Hall–Kier alpha value is -2.41. The number of rotatable bonds is 9. The predicted molar refractivity (Wildman–Crippen MR) is 106 cm³/mol. The molecular weight excluding hydrogens is 348 g/mol. The van der Waals surface area contributed by atoms with E-state index < -0.39 is 0 Å². The number of anilines is 1. The van der Waals surface area contributed by atoms with E-state index >= 15 is 0 Å². The van der Waals surface area contributed by atoms with Gasteiger partial charge in [0.25, 0.3) is 5.56 Å². The van der Waals surface area contributed by atoms with E-state index in [1.807, 2.05) is 17.4 Å². The van der Waals surface area contributed by atoms with Gasteiger partial charge < -0.3 is 15.5 Å². The van der Waals surface area contributed by atoms with Gasteiger partial charge >= 0.3 is 0 Å². The highest BCUT2D eigenvalue weighted by molar-refractivity contribution is 7.11. The summed E-state index contributed by atoms with van der Waals surface area (Å²) >= 11 is 1.86. The summed E-state index contributed by atoms with van der Waals surface area (Å²) in [5.74, 6) is 0.402. The molecule has 0 bridgehead atoms. The molecule has 0 fully saturated rings. The average molecular weight is 372 g/mol. The molecule has 0 aromatic carbocycles. The highest BCUT2D eigenvalue weighted by atomic mass is 32.1. The Morgan fingerprint density at radius 3 is 2.58 bits per heavy atom. The summed E-state index contributed by atoms with van der Waals surface area (Å²) in [4.78, 5) is 35.4. The van der Waals surface area contributed by atoms with Crippen molar-refractivity contribution in [1.29, 1.82) is 0 Å². The summed E-state index contributed by atoms with van der Waals surface area (Å²) in [5.41, 5.74) is 6.91. The fourth-order valence-corrected chi connectivity index (χ4v) is 4.15. The largest absolute Gasteiger partial charge is 0.369 e. The number of hydrogen-bond acceptors (Lipinski definition) is 5. The molecule has 138 valence electrons. The molecule has 0 spiro atoms. The van der Waals surface area contributed by atoms with Crippen LogP contribution in [0.3, 0.4) is 0 Å². The minimum atomic E-state index is -0.206. The maximum absolute atomic E-state index is 11.8. The molecule has 0 aliphatic heterocycles. The summed E-state index contributed by atoms with van der Waals surface area (Å²) in [6.45, 7) is 1.65. The van der Waals surface area contributed by atoms with Crippen LogP contribution in [0.4, 0.5) is 5.95 Å². The molecule has 0 radical (unpaired) electrons. The van der Waals surface area contributed by atoms with Crippen LogP contribution in [0.15, 0.2) is 23.0 Å². The van der Waals surface area contributed by atoms with Crippen LogP contribution in [0.1, 0.15) is 48.1 Å². The molecular formula is C19H24N4O2S. The Morgan fingerprint density at radius 2 is 1.85 bits per heavy atom. The van der Waals surface area contributed by atoms with Gasteiger partial charge in [0, 0.05) is 21.9 Å². The fraction of sp³-hybridized carbons (Fsp3) is 0.421. The molecule has 3 rings (SSSR count). The van der Waals surface area contributed by atoms with Crippen molar-refractivity contribution in [3.8, 4) is 0 Å². The van der Waals surface area contributed by atoms with Crippen LogP contribution in [0.25, 0.3) is 11.0 Å². The molecule has 0 saturated carbocycles. The number of carbonyl (C=O) groups excluding carboxylic acids is 1. The van der Waals surface area contributed by atoms with Gasteiger partial charge in [-0.3, -0.25) is 9.78 Å². The number of fused-ring (bicyclic) bond motifs is 1. The quantitative estimate of drug-likeness (QED) is 0.501. The number of H-pyrrole nitrogens is 2. The fourth-order valence-electron chi connectivity index (χ4n) is 3.04. The van der Waals surface area contributed by atoms with E-state index in [1.165, 1.54) is 9.75 Å². The number of unbranched alkanes of at least 4 members (excludes halogenated alkanes) is 1. The van der Waals surface area contributed by atoms with Gasteiger partial charge in [-0.25, -0.2) is 0 Å². The highest BCUT2D eigenvalue weighted by Crippen LogP contribution is 2.21. The van der Waals surface area contributed by atoms with Crippen molar-refractivity contribution in [2.45, 2.75) is 51.9 Å². The highest BCUT2D eigenvalue weighted by Gasteiger charge is 2.07. The Bertz CT molecular complexity index is 954. The van der Waals surface area contributed by atoms with Crippen molar-refractivity contribution in [2.24, 2.45) is 0 Å². The number of ketones is 1. The lowest BCUT2D eigenvalue weighted by Crippen LogP contribution is -2.09. The molecule has 0 unspecified atom stereocenters. The van der Waals surface area contributed by atoms with Crippen LogP contribution >= 0.6 is 11.3 Å². The van der Waals surface area contributed by atoms with Gasteiger partial charge in [0.15, 0.2) is 0 Å². The van der Waals surface area contributed by atoms with Crippen molar-refractivity contribution >= 4 is 34.1 Å². The number of nitrogens with one attached hydrogen (secondary N) is 2. The van der Waals surface area contributed by atoms with Crippen LogP contribution in [0.5, 0.6) is 0 Å². The monoisotopic (exact) mass is 372 g/mol. The third-order valence-electron chi connectivity index (χ3n) is 4.36. The number of carbonyl (C=O) groups is 1. The van der Waals surface area contributed by atoms with Gasteiger partial charge in [-0.15, -0.1) is 11.3 Å². The van der Waals surface area contributed by atoms with Gasteiger partial charge in [-0.05, 0) is 63.6 Å². The molecule has 4 N–H and O–H groups in total. The van der Waals surface area contributed by atoms with Crippen molar-refractivity contribution in [3.63, 3.8) is 0 Å². The minimum Gasteiger partial charge on any atom is -0.369 e. The number of aromatic amines is 2. The lowest BCUT2D eigenvalue weighted by Gasteiger charge is -1.98. The first kappa shape index (κ1) is 18.4. The molecule has 7 heteroatoms. The molecule has 0 atom stereocenters. The van der Waals surface area contributed by atoms with Crippen LogP contribution in [0, 0.1) is 0 Å². The van der Waals surface area contributed by atoms with Gasteiger partial charge in [-0.2, -0.15) is 4.98 Å². The van der Waals surface area contributed by atoms with Crippen molar-refractivity contribution in [1.82, 2.24) is 15.0 Å². The Morgan fingerprint density at radius 1 is 1.12 bits per heavy atom. The summed E-state index contributed by atoms with van der Waals surface area (Å²) in [5, 5.41) is 0.554. The van der Waals surface area contributed by atoms with E-state index in [1.54, 1.807) is 6.92 Å². The van der Waals surface area contributed by atoms with Gasteiger partial charge in [-0.1, -0.05) is 0 Å². The zero-order valence-electron chi connectivity index (χ0n) is 14.9. The first-order chi connectivity index (χ1) is 12.5. The molecule has 3 heterocycles. The maximum Gasteiger partial charge on any atom is 0.261 e. The second kappa shape index (κ2) is 8.31. The molecule has 26 heavy (non-hydrogen) atoms. The van der Waals surface area contributed by atoms with E-state index in [2.05, 4.69) is 27.1 Å². The first-order valence-corrected chi connectivity index (χ1v) is 9.77. The Kier molecular flexibility index (Phi) is 5.88. The van der Waals surface area contributed by atoms with Crippen molar-refractivity contribution in [2.75, 3.05) is 5.73 Å². The van der Waals surface area contributed by atoms with Crippen molar-refractivity contribution in [3.05, 3.63) is 44.0 Å². The normalized spacial score (nSPS) is 11.3. The first-order valence-electron chi connectivity index (χ1n) is 8.95. The van der Waals surface area contributed by atoms with Crippen molar-refractivity contribution < 1.29 is 4.79 Å². The number of aromatic nitrogens is 3. The molecule has 6 nitrogen and oxygen atoms in total. The molecule has 3 aromatic rings. The molecule has 0 aliphatic rings. The minimum absolute atomic E-state index is 0.130.